The zero-order chi connectivity index (χ0) is 20.8. The van der Waals surface area contributed by atoms with Crippen molar-refractivity contribution in [2.75, 3.05) is 0 Å². The lowest BCUT2D eigenvalue weighted by atomic mass is 10.1. The molecule has 3 aromatic carbocycles. The average molecular weight is 380 g/mol. The van der Waals surface area contributed by atoms with Gasteiger partial charge in [0.25, 0.3) is 0 Å². The molecule has 0 spiro atoms. The van der Waals surface area contributed by atoms with Gasteiger partial charge in [0.2, 0.25) is 5.82 Å². The molecule has 3 aromatic rings. The molecule has 0 aromatic heterocycles. The van der Waals surface area contributed by atoms with Gasteiger partial charge in [0, 0.05) is 0 Å². The number of rotatable bonds is 4. The highest BCUT2D eigenvalue weighted by molar-refractivity contribution is 5.52. The van der Waals surface area contributed by atoms with Crippen molar-refractivity contribution in [2.45, 2.75) is 0 Å². The van der Waals surface area contributed by atoms with Crippen molar-refractivity contribution in [3.8, 4) is 47.3 Å². The lowest BCUT2D eigenvalue weighted by Crippen LogP contribution is -1.95. The standard InChI is InChI=1S/C22H9FN4O2/c23-22-20(28-18-6-4-14(10-24)16(8-18)12-26)2-1-3-21(22)29-19-7-5-15(11-25)17(9-19)13-27/h1-9H. The molecule has 0 heterocycles. The fraction of sp³-hybridized carbons (Fsp3) is 0. The molecule has 7 heteroatoms. The second-order valence-corrected chi connectivity index (χ2v) is 5.63. The van der Waals surface area contributed by atoms with E-state index < -0.39 is 5.82 Å². The molecule has 29 heavy (non-hydrogen) atoms. The zero-order valence-electron chi connectivity index (χ0n) is 14.7. The zero-order valence-corrected chi connectivity index (χ0v) is 14.7. The minimum Gasteiger partial charge on any atom is -0.454 e. The van der Waals surface area contributed by atoms with Gasteiger partial charge in [-0.1, -0.05) is 6.07 Å². The lowest BCUT2D eigenvalue weighted by Gasteiger charge is -2.12. The van der Waals surface area contributed by atoms with Crippen LogP contribution in [0.15, 0.2) is 54.6 Å². The van der Waals surface area contributed by atoms with Crippen LogP contribution in [0.5, 0.6) is 23.0 Å². The van der Waals surface area contributed by atoms with E-state index in [1.54, 1.807) is 0 Å². The Bertz CT molecular complexity index is 1180. The molecule has 0 fully saturated rings. The fourth-order valence-electron chi connectivity index (χ4n) is 2.46. The Hall–Kier alpha value is -4.85. The minimum absolute atomic E-state index is 0.111. The average Bonchev–Trinajstić information content (AvgIpc) is 2.76. The summed E-state index contributed by atoms with van der Waals surface area (Å²) in [6.07, 6.45) is 0. The second-order valence-electron chi connectivity index (χ2n) is 5.63. The first-order chi connectivity index (χ1) is 14.1. The van der Waals surface area contributed by atoms with Gasteiger partial charge in [-0.3, -0.25) is 0 Å². The van der Waals surface area contributed by atoms with Crippen LogP contribution in [0.1, 0.15) is 22.3 Å². The van der Waals surface area contributed by atoms with Gasteiger partial charge >= 0.3 is 0 Å². The van der Waals surface area contributed by atoms with Crippen LogP contribution in [0.3, 0.4) is 0 Å². The van der Waals surface area contributed by atoms with E-state index in [2.05, 4.69) is 0 Å². The molecule has 0 aliphatic heterocycles. The van der Waals surface area contributed by atoms with Crippen molar-refractivity contribution < 1.29 is 13.9 Å². The summed E-state index contributed by atoms with van der Waals surface area (Å²) in [5.74, 6) is -0.725. The molecule has 0 saturated carbocycles. The summed E-state index contributed by atoms with van der Waals surface area (Å²) in [6, 6.07) is 20.2. The highest BCUT2D eigenvalue weighted by Crippen LogP contribution is 2.34. The van der Waals surface area contributed by atoms with Gasteiger partial charge in [-0.05, 0) is 48.5 Å². The highest BCUT2D eigenvalue weighted by atomic mass is 19.1. The molecule has 0 bridgehead atoms. The Morgan fingerprint density at radius 3 is 1.38 bits per heavy atom. The van der Waals surface area contributed by atoms with Gasteiger partial charge in [0.15, 0.2) is 11.5 Å². The van der Waals surface area contributed by atoms with E-state index in [-0.39, 0.29) is 45.3 Å². The van der Waals surface area contributed by atoms with Crippen LogP contribution in [0.2, 0.25) is 0 Å². The first-order valence-electron chi connectivity index (χ1n) is 8.12. The Morgan fingerprint density at radius 2 is 1.00 bits per heavy atom. The van der Waals surface area contributed by atoms with Crippen molar-refractivity contribution in [3.63, 3.8) is 0 Å². The van der Waals surface area contributed by atoms with Gasteiger partial charge in [-0.2, -0.15) is 25.4 Å². The lowest BCUT2D eigenvalue weighted by molar-refractivity contribution is 0.402. The molecule has 0 aliphatic carbocycles. The van der Waals surface area contributed by atoms with Gasteiger partial charge in [-0.25, -0.2) is 0 Å². The predicted molar refractivity (Wildman–Crippen MR) is 98.3 cm³/mol. The summed E-state index contributed by atoms with van der Waals surface area (Å²) in [5.41, 5.74) is 0.594. The number of ether oxygens (including phenoxy) is 2. The van der Waals surface area contributed by atoms with Crippen molar-refractivity contribution in [2.24, 2.45) is 0 Å². The topological polar surface area (TPSA) is 114 Å². The normalized spacial score (nSPS) is 9.41. The number of halogens is 1. The van der Waals surface area contributed by atoms with Crippen molar-refractivity contribution in [1.29, 1.82) is 21.0 Å². The van der Waals surface area contributed by atoms with Crippen molar-refractivity contribution in [3.05, 3.63) is 82.7 Å². The number of benzene rings is 3. The fourth-order valence-corrected chi connectivity index (χ4v) is 2.46. The number of hydrogen-bond donors (Lipinski definition) is 0. The second kappa shape index (κ2) is 8.23. The summed E-state index contributed by atoms with van der Waals surface area (Å²) in [6.45, 7) is 0. The maximum atomic E-state index is 14.8. The third-order valence-corrected chi connectivity index (χ3v) is 3.85. The third kappa shape index (κ3) is 3.96. The van der Waals surface area contributed by atoms with Crippen molar-refractivity contribution >= 4 is 0 Å². The molecular formula is C22H9FN4O2. The van der Waals surface area contributed by atoms with E-state index in [0.29, 0.717) is 0 Å². The van der Waals surface area contributed by atoms with E-state index in [9.17, 15) is 4.39 Å². The summed E-state index contributed by atoms with van der Waals surface area (Å²) in [5, 5.41) is 36.1. The molecule has 0 aliphatic rings. The van der Waals surface area contributed by atoms with Crippen LogP contribution < -0.4 is 9.47 Å². The van der Waals surface area contributed by atoms with E-state index in [1.165, 1.54) is 54.6 Å². The third-order valence-electron chi connectivity index (χ3n) is 3.85. The monoisotopic (exact) mass is 380 g/mol. The molecule has 0 saturated heterocycles. The SMILES string of the molecule is N#Cc1ccc(Oc2cccc(Oc3ccc(C#N)c(C#N)c3)c2F)cc1C#N. The Balaban J connectivity index is 1.90. The molecule has 0 radical (unpaired) electrons. The Morgan fingerprint density at radius 1 is 0.586 bits per heavy atom. The van der Waals surface area contributed by atoms with Gasteiger partial charge in [-0.15, -0.1) is 0 Å². The maximum Gasteiger partial charge on any atom is 0.208 e. The summed E-state index contributed by atoms with van der Waals surface area (Å²) in [7, 11) is 0. The quantitative estimate of drug-likeness (QED) is 0.636. The van der Waals surface area contributed by atoms with Crippen LogP contribution in [-0.2, 0) is 0 Å². The van der Waals surface area contributed by atoms with E-state index in [1.807, 2.05) is 24.3 Å². The van der Waals surface area contributed by atoms with E-state index >= 15 is 0 Å². The van der Waals surface area contributed by atoms with E-state index in [0.717, 1.165) is 0 Å². The highest BCUT2D eigenvalue weighted by Gasteiger charge is 2.14. The summed E-state index contributed by atoms with van der Waals surface area (Å²) in [4.78, 5) is 0. The number of nitriles is 4. The largest absolute Gasteiger partial charge is 0.454 e. The van der Waals surface area contributed by atoms with Crippen LogP contribution in [0.4, 0.5) is 4.39 Å². The molecule has 0 unspecified atom stereocenters. The number of hydrogen-bond acceptors (Lipinski definition) is 6. The predicted octanol–water partition coefficient (Wildman–Crippen LogP) is 4.90. The van der Waals surface area contributed by atoms with Crippen LogP contribution in [-0.4, -0.2) is 0 Å². The summed E-state index contributed by atoms with van der Waals surface area (Å²) >= 11 is 0. The Labute approximate surface area is 165 Å². The molecule has 0 N–H and O–H groups in total. The maximum absolute atomic E-state index is 14.8. The molecule has 136 valence electrons. The van der Waals surface area contributed by atoms with E-state index in [4.69, 9.17) is 30.5 Å². The first-order valence-corrected chi connectivity index (χ1v) is 8.12. The van der Waals surface area contributed by atoms with Crippen LogP contribution in [0.25, 0.3) is 0 Å². The molecular weight excluding hydrogens is 371 g/mol. The van der Waals surface area contributed by atoms with Crippen LogP contribution >= 0.6 is 0 Å². The molecule has 0 amide bonds. The minimum atomic E-state index is -0.793. The molecule has 0 atom stereocenters. The Kier molecular flexibility index (Phi) is 5.37. The van der Waals surface area contributed by atoms with Gasteiger partial charge in [0.05, 0.1) is 22.3 Å². The van der Waals surface area contributed by atoms with Gasteiger partial charge < -0.3 is 9.47 Å². The van der Waals surface area contributed by atoms with Crippen LogP contribution in [0, 0.1) is 51.1 Å². The first kappa shape index (κ1) is 18.9. The van der Waals surface area contributed by atoms with Crippen molar-refractivity contribution in [1.82, 2.24) is 0 Å². The van der Waals surface area contributed by atoms with Gasteiger partial charge in [0.1, 0.15) is 35.8 Å². The number of nitrogens with zero attached hydrogens (tertiary/aromatic N) is 4. The smallest absolute Gasteiger partial charge is 0.208 e. The summed E-state index contributed by atoms with van der Waals surface area (Å²) < 4.78 is 25.8. The molecule has 3 rings (SSSR count). The molecule has 6 nitrogen and oxygen atoms in total.